The summed E-state index contributed by atoms with van der Waals surface area (Å²) in [6.07, 6.45) is 0. The molecule has 1 N–H and O–H groups in total. The molecule has 3 rings (SSSR count). The number of nitrogens with one attached hydrogen (secondary N) is 1. The molecule has 0 saturated heterocycles. The van der Waals surface area contributed by atoms with Crippen molar-refractivity contribution in [2.24, 2.45) is 0 Å². The molecule has 1 aromatic heterocycles. The molecule has 7 nitrogen and oxygen atoms in total. The number of methoxy groups -OCH3 is 2. The van der Waals surface area contributed by atoms with E-state index in [9.17, 15) is 4.79 Å². The lowest BCUT2D eigenvalue weighted by Gasteiger charge is -2.07. The summed E-state index contributed by atoms with van der Waals surface area (Å²) >= 11 is 5.81. The van der Waals surface area contributed by atoms with Gasteiger partial charge < -0.3 is 19.3 Å². The molecular weight excluding hydrogens is 358 g/mol. The van der Waals surface area contributed by atoms with Crippen molar-refractivity contribution in [1.29, 1.82) is 0 Å². The number of hydrogen-bond donors (Lipinski definition) is 1. The Bertz CT molecular complexity index is 909. The minimum atomic E-state index is -0.257. The molecular formula is C18H16ClN3O4. The number of nitrogens with zero attached hydrogens (tertiary/aromatic N) is 2. The van der Waals surface area contributed by atoms with E-state index in [2.05, 4.69) is 15.5 Å². The summed E-state index contributed by atoms with van der Waals surface area (Å²) in [4.78, 5) is 16.4. The van der Waals surface area contributed by atoms with Crippen LogP contribution < -0.4 is 14.8 Å². The minimum absolute atomic E-state index is 0.113. The van der Waals surface area contributed by atoms with Crippen LogP contribution in [0, 0.1) is 0 Å². The van der Waals surface area contributed by atoms with Crippen LogP contribution in [0.2, 0.25) is 5.02 Å². The summed E-state index contributed by atoms with van der Waals surface area (Å²) < 4.78 is 15.7. The van der Waals surface area contributed by atoms with E-state index in [0.717, 1.165) is 0 Å². The molecule has 0 aliphatic carbocycles. The van der Waals surface area contributed by atoms with Crippen molar-refractivity contribution in [3.8, 4) is 22.9 Å². The second kappa shape index (κ2) is 7.88. The van der Waals surface area contributed by atoms with Gasteiger partial charge in [0.2, 0.25) is 11.7 Å². The Labute approximate surface area is 154 Å². The zero-order valence-corrected chi connectivity index (χ0v) is 14.9. The predicted molar refractivity (Wildman–Crippen MR) is 95.5 cm³/mol. The van der Waals surface area contributed by atoms with Gasteiger partial charge in [0.1, 0.15) is 0 Å². The van der Waals surface area contributed by atoms with E-state index in [1.165, 1.54) is 0 Å². The smallest absolute Gasteiger partial charge is 0.251 e. The summed E-state index contributed by atoms with van der Waals surface area (Å²) in [5.41, 5.74) is 1.20. The van der Waals surface area contributed by atoms with Crippen LogP contribution in [0.15, 0.2) is 47.0 Å². The van der Waals surface area contributed by atoms with Gasteiger partial charge in [-0.2, -0.15) is 4.98 Å². The van der Waals surface area contributed by atoms with Gasteiger partial charge in [-0.1, -0.05) is 16.8 Å². The van der Waals surface area contributed by atoms with Gasteiger partial charge in [0.25, 0.3) is 5.91 Å². The van der Waals surface area contributed by atoms with E-state index in [1.807, 2.05) is 0 Å². The Hall–Kier alpha value is -3.06. The number of amides is 1. The molecule has 0 aliphatic rings. The molecule has 0 unspecified atom stereocenters. The Morgan fingerprint density at radius 3 is 2.54 bits per heavy atom. The third-order valence-electron chi connectivity index (χ3n) is 3.62. The molecule has 0 radical (unpaired) electrons. The second-order valence-corrected chi connectivity index (χ2v) is 5.71. The topological polar surface area (TPSA) is 86.5 Å². The first kappa shape index (κ1) is 17.8. The van der Waals surface area contributed by atoms with Crippen molar-refractivity contribution in [3.05, 3.63) is 58.9 Å². The van der Waals surface area contributed by atoms with E-state index in [1.54, 1.807) is 56.7 Å². The number of benzene rings is 2. The lowest BCUT2D eigenvalue weighted by molar-refractivity contribution is 0.0946. The highest BCUT2D eigenvalue weighted by atomic mass is 35.5. The Morgan fingerprint density at radius 1 is 1.12 bits per heavy atom. The molecule has 0 aliphatic heterocycles. The van der Waals surface area contributed by atoms with Gasteiger partial charge in [-0.05, 0) is 42.5 Å². The highest BCUT2D eigenvalue weighted by molar-refractivity contribution is 6.30. The lowest BCUT2D eigenvalue weighted by atomic mass is 10.2. The average Bonchev–Trinajstić information content (AvgIpc) is 3.15. The number of carbonyl (C=O) groups is 1. The van der Waals surface area contributed by atoms with Crippen LogP contribution >= 0.6 is 11.6 Å². The number of halogens is 1. The molecule has 0 fully saturated rings. The van der Waals surface area contributed by atoms with Crippen molar-refractivity contribution in [1.82, 2.24) is 15.5 Å². The van der Waals surface area contributed by atoms with Crippen LogP contribution in [0.4, 0.5) is 0 Å². The fourth-order valence-electron chi connectivity index (χ4n) is 2.28. The third-order valence-corrected chi connectivity index (χ3v) is 3.87. The van der Waals surface area contributed by atoms with Crippen LogP contribution in [-0.2, 0) is 6.54 Å². The van der Waals surface area contributed by atoms with Crippen molar-refractivity contribution < 1.29 is 18.8 Å². The SMILES string of the molecule is COc1ccc(-c2noc(CNC(=O)c3ccc(Cl)cc3)n2)cc1OC. The second-order valence-electron chi connectivity index (χ2n) is 5.27. The zero-order valence-electron chi connectivity index (χ0n) is 14.2. The monoisotopic (exact) mass is 373 g/mol. The maximum absolute atomic E-state index is 12.1. The fraction of sp³-hybridized carbons (Fsp3) is 0.167. The molecule has 0 atom stereocenters. The van der Waals surface area contributed by atoms with E-state index >= 15 is 0 Å². The molecule has 8 heteroatoms. The van der Waals surface area contributed by atoms with Gasteiger partial charge in [0.15, 0.2) is 11.5 Å². The first-order valence-electron chi connectivity index (χ1n) is 7.69. The lowest BCUT2D eigenvalue weighted by Crippen LogP contribution is -2.22. The van der Waals surface area contributed by atoms with Crippen molar-refractivity contribution in [2.75, 3.05) is 14.2 Å². The molecule has 134 valence electrons. The summed E-state index contributed by atoms with van der Waals surface area (Å²) in [7, 11) is 3.11. The van der Waals surface area contributed by atoms with Gasteiger partial charge in [0.05, 0.1) is 20.8 Å². The van der Waals surface area contributed by atoms with Gasteiger partial charge >= 0.3 is 0 Å². The standard InChI is InChI=1S/C18H16ClN3O4/c1-24-14-8-5-12(9-15(14)25-2)17-21-16(26-22-17)10-20-18(23)11-3-6-13(19)7-4-11/h3-9H,10H2,1-2H3,(H,20,23). The number of carbonyl (C=O) groups excluding carboxylic acids is 1. The van der Waals surface area contributed by atoms with E-state index in [4.69, 9.17) is 25.6 Å². The zero-order chi connectivity index (χ0) is 18.5. The van der Waals surface area contributed by atoms with Gasteiger partial charge in [-0.15, -0.1) is 0 Å². The fourth-order valence-corrected chi connectivity index (χ4v) is 2.40. The highest BCUT2D eigenvalue weighted by Gasteiger charge is 2.13. The molecule has 0 spiro atoms. The first-order valence-corrected chi connectivity index (χ1v) is 8.07. The number of aromatic nitrogens is 2. The first-order chi connectivity index (χ1) is 12.6. The van der Waals surface area contributed by atoms with E-state index in [-0.39, 0.29) is 18.3 Å². The normalized spacial score (nSPS) is 10.4. The summed E-state index contributed by atoms with van der Waals surface area (Å²) in [5, 5.41) is 7.21. The van der Waals surface area contributed by atoms with Crippen LogP contribution in [0.5, 0.6) is 11.5 Å². The Balaban J connectivity index is 1.68. The van der Waals surface area contributed by atoms with Crippen molar-refractivity contribution in [3.63, 3.8) is 0 Å². The Morgan fingerprint density at radius 2 is 1.85 bits per heavy atom. The number of hydrogen-bond acceptors (Lipinski definition) is 6. The van der Waals surface area contributed by atoms with Gasteiger partial charge in [-0.25, -0.2) is 0 Å². The highest BCUT2D eigenvalue weighted by Crippen LogP contribution is 2.31. The van der Waals surface area contributed by atoms with E-state index < -0.39 is 0 Å². The third kappa shape index (κ3) is 3.94. The molecule has 0 bridgehead atoms. The van der Waals surface area contributed by atoms with Gasteiger partial charge in [0, 0.05) is 16.1 Å². The average molecular weight is 374 g/mol. The maximum atomic E-state index is 12.1. The predicted octanol–water partition coefficient (Wildman–Crippen LogP) is 3.34. The number of ether oxygens (including phenoxy) is 2. The van der Waals surface area contributed by atoms with Crippen molar-refractivity contribution in [2.45, 2.75) is 6.54 Å². The number of rotatable bonds is 6. The van der Waals surface area contributed by atoms with Crippen molar-refractivity contribution >= 4 is 17.5 Å². The van der Waals surface area contributed by atoms with Crippen LogP contribution in [0.25, 0.3) is 11.4 Å². The molecule has 2 aromatic carbocycles. The van der Waals surface area contributed by atoms with Crippen LogP contribution in [0.1, 0.15) is 16.2 Å². The largest absolute Gasteiger partial charge is 0.493 e. The van der Waals surface area contributed by atoms with E-state index in [0.29, 0.717) is 33.5 Å². The van der Waals surface area contributed by atoms with Crippen LogP contribution in [-0.4, -0.2) is 30.3 Å². The maximum Gasteiger partial charge on any atom is 0.251 e. The summed E-state index contributed by atoms with van der Waals surface area (Å²) in [6.45, 7) is 0.113. The van der Waals surface area contributed by atoms with Crippen LogP contribution in [0.3, 0.4) is 0 Å². The van der Waals surface area contributed by atoms with Gasteiger partial charge in [-0.3, -0.25) is 4.79 Å². The molecule has 1 amide bonds. The quantitative estimate of drug-likeness (QED) is 0.713. The molecule has 26 heavy (non-hydrogen) atoms. The molecule has 0 saturated carbocycles. The molecule has 3 aromatic rings. The minimum Gasteiger partial charge on any atom is -0.493 e. The molecule has 1 heterocycles. The summed E-state index contributed by atoms with van der Waals surface area (Å²) in [6, 6.07) is 11.9. The Kier molecular flexibility index (Phi) is 5.38. The summed E-state index contributed by atoms with van der Waals surface area (Å²) in [5.74, 6) is 1.59.